The molecule has 0 bridgehead atoms. The standard InChI is InChI=1S/C14H21ClN4O/c1-4-19-13(20)12(15)11(7-17-19)18-8-9-5-16-6-10(9)14(18,2)3/h7,9-10,16H,4-6,8H2,1-3H3. The van der Waals surface area contributed by atoms with Crippen LogP contribution in [0.4, 0.5) is 5.69 Å². The Hall–Kier alpha value is -1.07. The minimum atomic E-state index is -0.197. The van der Waals surface area contributed by atoms with Crippen molar-refractivity contribution in [3.8, 4) is 0 Å². The fourth-order valence-electron chi connectivity index (χ4n) is 3.70. The minimum Gasteiger partial charge on any atom is -0.363 e. The summed E-state index contributed by atoms with van der Waals surface area (Å²) in [5, 5.41) is 7.97. The van der Waals surface area contributed by atoms with E-state index in [9.17, 15) is 4.79 Å². The maximum absolute atomic E-state index is 12.2. The molecule has 6 heteroatoms. The van der Waals surface area contributed by atoms with Crippen LogP contribution in [-0.2, 0) is 6.54 Å². The van der Waals surface area contributed by atoms with E-state index in [1.54, 1.807) is 6.20 Å². The Labute approximate surface area is 123 Å². The first-order valence-electron chi connectivity index (χ1n) is 7.20. The minimum absolute atomic E-state index is 0.00960. The fraction of sp³-hybridized carbons (Fsp3) is 0.714. The van der Waals surface area contributed by atoms with Gasteiger partial charge in [-0.15, -0.1) is 0 Å². The fourth-order valence-corrected chi connectivity index (χ4v) is 3.95. The maximum Gasteiger partial charge on any atom is 0.287 e. The predicted molar refractivity (Wildman–Crippen MR) is 80.5 cm³/mol. The van der Waals surface area contributed by atoms with Crippen LogP contribution < -0.4 is 15.8 Å². The number of aromatic nitrogens is 2. The van der Waals surface area contributed by atoms with E-state index in [2.05, 4.69) is 29.2 Å². The van der Waals surface area contributed by atoms with Gasteiger partial charge in [0.15, 0.2) is 0 Å². The summed E-state index contributed by atoms with van der Waals surface area (Å²) in [7, 11) is 0. The van der Waals surface area contributed by atoms with E-state index in [1.165, 1.54) is 4.68 Å². The van der Waals surface area contributed by atoms with Gasteiger partial charge in [0.25, 0.3) is 5.56 Å². The molecule has 2 fully saturated rings. The molecule has 1 N–H and O–H groups in total. The summed E-state index contributed by atoms with van der Waals surface area (Å²) in [6.45, 7) is 9.89. The van der Waals surface area contributed by atoms with Gasteiger partial charge in [0.05, 0.1) is 11.9 Å². The Kier molecular flexibility index (Phi) is 3.29. The quantitative estimate of drug-likeness (QED) is 0.895. The Morgan fingerprint density at radius 1 is 1.50 bits per heavy atom. The lowest BCUT2D eigenvalue weighted by atomic mass is 9.85. The summed E-state index contributed by atoms with van der Waals surface area (Å²) in [6, 6.07) is 0. The Morgan fingerprint density at radius 3 is 2.90 bits per heavy atom. The molecule has 20 heavy (non-hydrogen) atoms. The van der Waals surface area contributed by atoms with Crippen molar-refractivity contribution in [1.82, 2.24) is 15.1 Å². The topological polar surface area (TPSA) is 50.2 Å². The van der Waals surface area contributed by atoms with Crippen LogP contribution in [-0.4, -0.2) is 35.0 Å². The molecule has 1 aromatic heterocycles. The van der Waals surface area contributed by atoms with E-state index in [4.69, 9.17) is 11.6 Å². The van der Waals surface area contributed by atoms with Crippen LogP contribution >= 0.6 is 11.6 Å². The molecule has 0 aromatic carbocycles. The number of hydrogen-bond acceptors (Lipinski definition) is 4. The summed E-state index contributed by atoms with van der Waals surface area (Å²) >= 11 is 6.31. The highest BCUT2D eigenvalue weighted by Gasteiger charge is 2.50. The molecule has 2 aliphatic rings. The number of aryl methyl sites for hydroxylation is 1. The first-order chi connectivity index (χ1) is 9.46. The number of nitrogens with zero attached hydrogens (tertiary/aromatic N) is 3. The van der Waals surface area contributed by atoms with Gasteiger partial charge in [0.2, 0.25) is 0 Å². The molecular formula is C14H21ClN4O. The van der Waals surface area contributed by atoms with Gasteiger partial charge in [0, 0.05) is 31.7 Å². The van der Waals surface area contributed by atoms with Crippen molar-refractivity contribution >= 4 is 17.3 Å². The molecule has 3 rings (SSSR count). The van der Waals surface area contributed by atoms with E-state index < -0.39 is 0 Å². The second-order valence-corrected chi connectivity index (χ2v) is 6.63. The summed E-state index contributed by atoms with van der Waals surface area (Å²) in [4.78, 5) is 14.4. The first kappa shape index (κ1) is 13.9. The van der Waals surface area contributed by atoms with Gasteiger partial charge in [-0.05, 0) is 32.6 Å². The zero-order valence-corrected chi connectivity index (χ0v) is 12.9. The third kappa shape index (κ3) is 1.87. The number of anilines is 1. The summed E-state index contributed by atoms with van der Waals surface area (Å²) in [5.74, 6) is 1.21. The van der Waals surface area contributed by atoms with Crippen LogP contribution in [0.5, 0.6) is 0 Å². The van der Waals surface area contributed by atoms with Gasteiger partial charge in [-0.25, -0.2) is 4.68 Å². The number of hydrogen-bond donors (Lipinski definition) is 1. The molecule has 1 aromatic rings. The van der Waals surface area contributed by atoms with Gasteiger partial charge >= 0.3 is 0 Å². The smallest absolute Gasteiger partial charge is 0.287 e. The average molecular weight is 297 g/mol. The normalized spacial score (nSPS) is 27.9. The molecule has 110 valence electrons. The SMILES string of the molecule is CCn1ncc(N2CC3CNCC3C2(C)C)c(Cl)c1=O. The van der Waals surface area contributed by atoms with Crippen molar-refractivity contribution in [2.45, 2.75) is 32.9 Å². The Morgan fingerprint density at radius 2 is 2.25 bits per heavy atom. The predicted octanol–water partition coefficient (Wildman–Crippen LogP) is 1.35. The second-order valence-electron chi connectivity index (χ2n) is 6.25. The highest BCUT2D eigenvalue weighted by atomic mass is 35.5. The Bertz CT molecular complexity index is 583. The lowest BCUT2D eigenvalue weighted by Gasteiger charge is -2.37. The van der Waals surface area contributed by atoms with Crippen molar-refractivity contribution in [3.63, 3.8) is 0 Å². The van der Waals surface area contributed by atoms with Crippen LogP contribution in [0.25, 0.3) is 0 Å². The maximum atomic E-state index is 12.2. The molecule has 3 heterocycles. The zero-order chi connectivity index (χ0) is 14.5. The average Bonchev–Trinajstić information content (AvgIpc) is 2.96. The van der Waals surface area contributed by atoms with Crippen molar-refractivity contribution in [3.05, 3.63) is 21.6 Å². The largest absolute Gasteiger partial charge is 0.363 e. The van der Waals surface area contributed by atoms with Crippen molar-refractivity contribution in [2.24, 2.45) is 11.8 Å². The van der Waals surface area contributed by atoms with Gasteiger partial charge in [-0.3, -0.25) is 4.79 Å². The van der Waals surface area contributed by atoms with Crippen molar-refractivity contribution in [2.75, 3.05) is 24.5 Å². The molecule has 0 amide bonds. The lowest BCUT2D eigenvalue weighted by molar-refractivity contribution is 0.356. The van der Waals surface area contributed by atoms with E-state index in [0.29, 0.717) is 23.4 Å². The third-order valence-electron chi connectivity index (χ3n) is 4.92. The molecular weight excluding hydrogens is 276 g/mol. The monoisotopic (exact) mass is 296 g/mol. The van der Waals surface area contributed by atoms with Crippen molar-refractivity contribution < 1.29 is 0 Å². The van der Waals surface area contributed by atoms with Crippen LogP contribution in [0.15, 0.2) is 11.0 Å². The zero-order valence-electron chi connectivity index (χ0n) is 12.2. The van der Waals surface area contributed by atoms with Gasteiger partial charge in [-0.2, -0.15) is 5.10 Å². The first-order valence-corrected chi connectivity index (χ1v) is 7.58. The molecule has 2 atom stereocenters. The summed E-state index contributed by atoms with van der Waals surface area (Å²) < 4.78 is 1.40. The molecule has 2 saturated heterocycles. The number of fused-ring (bicyclic) bond motifs is 1. The highest BCUT2D eigenvalue weighted by molar-refractivity contribution is 6.33. The van der Waals surface area contributed by atoms with Crippen LogP contribution in [0.2, 0.25) is 5.02 Å². The molecule has 2 aliphatic heterocycles. The molecule has 0 radical (unpaired) electrons. The van der Waals surface area contributed by atoms with Crippen LogP contribution in [0, 0.1) is 11.8 Å². The van der Waals surface area contributed by atoms with Crippen molar-refractivity contribution in [1.29, 1.82) is 0 Å². The van der Waals surface area contributed by atoms with Crippen LogP contribution in [0.3, 0.4) is 0 Å². The molecule has 2 unspecified atom stereocenters. The number of halogens is 1. The van der Waals surface area contributed by atoms with E-state index in [0.717, 1.165) is 25.3 Å². The highest BCUT2D eigenvalue weighted by Crippen LogP contribution is 2.44. The second kappa shape index (κ2) is 4.74. The third-order valence-corrected chi connectivity index (χ3v) is 5.27. The molecule has 0 saturated carbocycles. The van der Waals surface area contributed by atoms with Gasteiger partial charge in [-0.1, -0.05) is 11.6 Å². The Balaban J connectivity index is 2.02. The van der Waals surface area contributed by atoms with E-state index >= 15 is 0 Å². The number of rotatable bonds is 2. The lowest BCUT2D eigenvalue weighted by Crippen LogP contribution is -2.45. The van der Waals surface area contributed by atoms with Gasteiger partial charge in [0.1, 0.15) is 5.02 Å². The van der Waals surface area contributed by atoms with Gasteiger partial charge < -0.3 is 10.2 Å². The van der Waals surface area contributed by atoms with E-state index in [1.807, 2.05) is 6.92 Å². The van der Waals surface area contributed by atoms with E-state index in [-0.39, 0.29) is 11.1 Å². The molecule has 0 spiro atoms. The molecule has 0 aliphatic carbocycles. The number of nitrogens with one attached hydrogen (secondary N) is 1. The summed E-state index contributed by atoms with van der Waals surface area (Å²) in [6.07, 6.45) is 1.74. The summed E-state index contributed by atoms with van der Waals surface area (Å²) in [5.41, 5.74) is 0.572. The van der Waals surface area contributed by atoms with Crippen LogP contribution in [0.1, 0.15) is 20.8 Å². The molecule has 5 nitrogen and oxygen atoms in total.